The molecule has 1 atom stereocenters. The van der Waals surface area contributed by atoms with Gasteiger partial charge in [-0.3, -0.25) is 4.90 Å². The minimum Gasteiger partial charge on any atom is -0.383 e. The van der Waals surface area contributed by atoms with E-state index < -0.39 is 0 Å². The summed E-state index contributed by atoms with van der Waals surface area (Å²) in [5.74, 6) is 0. The highest BCUT2D eigenvalue weighted by Gasteiger charge is 2.15. The van der Waals surface area contributed by atoms with E-state index in [1.165, 1.54) is 12.8 Å². The Balaban J connectivity index is 4.07. The third-order valence-electron chi connectivity index (χ3n) is 3.35. The molecular weight excluding hydrogens is 200 g/mol. The molecule has 0 aromatic heterocycles. The third-order valence-corrected chi connectivity index (χ3v) is 3.35. The maximum atomic E-state index is 5.98. The molecule has 0 saturated heterocycles. The molecule has 0 rings (SSSR count). The number of methoxy groups -OCH3 is 1. The number of nitrogens with two attached hydrogens (primary N) is 1. The number of hydrogen-bond donors (Lipinski definition) is 1. The van der Waals surface area contributed by atoms with Crippen LogP contribution in [0.4, 0.5) is 0 Å². The summed E-state index contributed by atoms with van der Waals surface area (Å²) >= 11 is 0. The van der Waals surface area contributed by atoms with Gasteiger partial charge in [-0.25, -0.2) is 0 Å². The Morgan fingerprint density at radius 3 is 2.12 bits per heavy atom. The number of nitrogens with zero attached hydrogens (tertiary/aromatic N) is 1. The molecule has 3 nitrogen and oxygen atoms in total. The molecule has 0 aromatic carbocycles. The zero-order valence-electron chi connectivity index (χ0n) is 11.5. The molecular formula is C13H30N2O. The van der Waals surface area contributed by atoms with Crippen LogP contribution in [0.5, 0.6) is 0 Å². The van der Waals surface area contributed by atoms with Crippen LogP contribution in [0.25, 0.3) is 0 Å². The van der Waals surface area contributed by atoms with Gasteiger partial charge in [0.2, 0.25) is 0 Å². The van der Waals surface area contributed by atoms with Crippen LogP contribution in [0, 0.1) is 0 Å². The molecule has 0 aromatic rings. The number of ether oxygens (including phenoxy) is 1. The molecule has 0 radical (unpaired) electrons. The van der Waals surface area contributed by atoms with Gasteiger partial charge < -0.3 is 10.5 Å². The summed E-state index contributed by atoms with van der Waals surface area (Å²) in [6.45, 7) is 9.62. The van der Waals surface area contributed by atoms with Crippen molar-refractivity contribution in [2.24, 2.45) is 5.73 Å². The monoisotopic (exact) mass is 230 g/mol. The summed E-state index contributed by atoms with van der Waals surface area (Å²) in [4.78, 5) is 2.53. The summed E-state index contributed by atoms with van der Waals surface area (Å²) in [6, 6.07) is 1.03. The van der Waals surface area contributed by atoms with E-state index in [0.717, 1.165) is 32.5 Å². The highest BCUT2D eigenvalue weighted by Crippen LogP contribution is 2.10. The largest absolute Gasteiger partial charge is 0.383 e. The van der Waals surface area contributed by atoms with Crippen LogP contribution in [0.2, 0.25) is 0 Å². The van der Waals surface area contributed by atoms with Gasteiger partial charge in [0.1, 0.15) is 0 Å². The molecule has 16 heavy (non-hydrogen) atoms. The van der Waals surface area contributed by atoms with E-state index >= 15 is 0 Å². The SMILES string of the molecule is CCC(N)CCN(CCOC)C(CC)CC. The van der Waals surface area contributed by atoms with Gasteiger partial charge in [0, 0.05) is 25.7 Å². The third kappa shape index (κ3) is 6.46. The van der Waals surface area contributed by atoms with Gasteiger partial charge in [-0.05, 0) is 32.2 Å². The summed E-state index contributed by atoms with van der Waals surface area (Å²) < 4.78 is 5.17. The zero-order chi connectivity index (χ0) is 12.4. The molecule has 0 aliphatic carbocycles. The highest BCUT2D eigenvalue weighted by molar-refractivity contribution is 4.71. The van der Waals surface area contributed by atoms with Crippen molar-refractivity contribution < 1.29 is 4.74 Å². The average molecular weight is 230 g/mol. The van der Waals surface area contributed by atoms with E-state index in [0.29, 0.717) is 12.1 Å². The molecule has 0 spiro atoms. The van der Waals surface area contributed by atoms with Crippen LogP contribution < -0.4 is 5.73 Å². The average Bonchev–Trinajstić information content (AvgIpc) is 2.32. The second-order valence-electron chi connectivity index (χ2n) is 4.46. The highest BCUT2D eigenvalue weighted by atomic mass is 16.5. The predicted octanol–water partition coefficient (Wildman–Crippen LogP) is 2.25. The first kappa shape index (κ1) is 15.9. The Kier molecular flexibility index (Phi) is 9.99. The van der Waals surface area contributed by atoms with Gasteiger partial charge in [0.15, 0.2) is 0 Å². The lowest BCUT2D eigenvalue weighted by Gasteiger charge is -2.31. The molecule has 0 aliphatic rings. The fraction of sp³-hybridized carbons (Fsp3) is 1.00. The van der Waals surface area contributed by atoms with Crippen LogP contribution in [0.15, 0.2) is 0 Å². The Morgan fingerprint density at radius 1 is 1.06 bits per heavy atom. The Labute approximate surface area is 101 Å². The van der Waals surface area contributed by atoms with Gasteiger partial charge in [0.05, 0.1) is 6.61 Å². The van der Waals surface area contributed by atoms with Crippen molar-refractivity contribution in [3.8, 4) is 0 Å². The topological polar surface area (TPSA) is 38.5 Å². The van der Waals surface area contributed by atoms with E-state index in [-0.39, 0.29) is 0 Å². The summed E-state index contributed by atoms with van der Waals surface area (Å²) in [5, 5.41) is 0. The molecule has 98 valence electrons. The number of hydrogen-bond acceptors (Lipinski definition) is 3. The van der Waals surface area contributed by atoms with Gasteiger partial charge >= 0.3 is 0 Å². The maximum absolute atomic E-state index is 5.98. The Hall–Kier alpha value is -0.120. The Bertz CT molecular complexity index is 149. The first-order valence-electron chi connectivity index (χ1n) is 6.68. The molecule has 0 fully saturated rings. The lowest BCUT2D eigenvalue weighted by atomic mass is 10.1. The number of rotatable bonds is 10. The summed E-state index contributed by atoms with van der Waals surface area (Å²) in [6.07, 6.45) is 4.58. The van der Waals surface area contributed by atoms with E-state index in [1.807, 2.05) is 0 Å². The van der Waals surface area contributed by atoms with Crippen LogP contribution in [0.3, 0.4) is 0 Å². The fourth-order valence-electron chi connectivity index (χ4n) is 2.03. The second-order valence-corrected chi connectivity index (χ2v) is 4.46. The zero-order valence-corrected chi connectivity index (χ0v) is 11.5. The van der Waals surface area contributed by atoms with Crippen molar-refractivity contribution >= 4 is 0 Å². The van der Waals surface area contributed by atoms with Gasteiger partial charge in [-0.15, -0.1) is 0 Å². The van der Waals surface area contributed by atoms with Gasteiger partial charge in [0.25, 0.3) is 0 Å². The van der Waals surface area contributed by atoms with Crippen molar-refractivity contribution in [1.82, 2.24) is 4.90 Å². The van der Waals surface area contributed by atoms with Crippen molar-refractivity contribution in [1.29, 1.82) is 0 Å². The molecule has 0 amide bonds. The molecule has 0 saturated carbocycles. The lowest BCUT2D eigenvalue weighted by molar-refractivity contribution is 0.112. The quantitative estimate of drug-likeness (QED) is 0.625. The van der Waals surface area contributed by atoms with Crippen molar-refractivity contribution in [2.45, 2.75) is 58.5 Å². The Morgan fingerprint density at radius 2 is 1.69 bits per heavy atom. The summed E-state index contributed by atoms with van der Waals surface area (Å²) in [5.41, 5.74) is 5.98. The fourth-order valence-corrected chi connectivity index (χ4v) is 2.03. The van der Waals surface area contributed by atoms with E-state index in [4.69, 9.17) is 10.5 Å². The smallest absolute Gasteiger partial charge is 0.0589 e. The second kappa shape index (κ2) is 10.1. The van der Waals surface area contributed by atoms with Gasteiger partial charge in [-0.1, -0.05) is 20.8 Å². The predicted molar refractivity (Wildman–Crippen MR) is 70.7 cm³/mol. The maximum Gasteiger partial charge on any atom is 0.0589 e. The normalized spacial score (nSPS) is 13.7. The lowest BCUT2D eigenvalue weighted by Crippen LogP contribution is -2.39. The molecule has 3 heteroatoms. The van der Waals surface area contributed by atoms with Crippen LogP contribution in [-0.4, -0.2) is 43.8 Å². The van der Waals surface area contributed by atoms with Crippen LogP contribution in [-0.2, 0) is 4.74 Å². The first-order chi connectivity index (χ1) is 7.69. The minimum atomic E-state index is 0.347. The van der Waals surface area contributed by atoms with Gasteiger partial charge in [-0.2, -0.15) is 0 Å². The van der Waals surface area contributed by atoms with Crippen molar-refractivity contribution in [2.75, 3.05) is 26.8 Å². The van der Waals surface area contributed by atoms with E-state index in [1.54, 1.807) is 7.11 Å². The van der Waals surface area contributed by atoms with E-state index in [2.05, 4.69) is 25.7 Å². The summed E-state index contributed by atoms with van der Waals surface area (Å²) in [7, 11) is 1.77. The van der Waals surface area contributed by atoms with E-state index in [9.17, 15) is 0 Å². The van der Waals surface area contributed by atoms with Crippen LogP contribution in [0.1, 0.15) is 46.5 Å². The molecule has 0 bridgehead atoms. The minimum absolute atomic E-state index is 0.347. The van der Waals surface area contributed by atoms with Crippen molar-refractivity contribution in [3.05, 3.63) is 0 Å². The molecule has 2 N–H and O–H groups in total. The molecule has 0 heterocycles. The van der Waals surface area contributed by atoms with Crippen LogP contribution >= 0.6 is 0 Å². The van der Waals surface area contributed by atoms with Crippen molar-refractivity contribution in [3.63, 3.8) is 0 Å². The molecule has 0 aliphatic heterocycles. The molecule has 1 unspecified atom stereocenters. The standard InChI is InChI=1S/C13H30N2O/c1-5-12(14)8-9-15(10-11-16-4)13(6-2)7-3/h12-13H,5-11,14H2,1-4H3. The first-order valence-corrected chi connectivity index (χ1v) is 6.68.